The molecule has 0 bridgehead atoms. The average Bonchev–Trinajstić information content (AvgIpc) is 2.69. The minimum atomic E-state index is -0.497. The summed E-state index contributed by atoms with van der Waals surface area (Å²) in [5.74, 6) is -0.977. The molecular formula is C9H4Cl2FN3OS. The predicted octanol–water partition coefficient (Wildman–Crippen LogP) is 3.24. The van der Waals surface area contributed by atoms with Gasteiger partial charge >= 0.3 is 0 Å². The first kappa shape index (κ1) is 12.2. The van der Waals surface area contributed by atoms with E-state index in [0.717, 1.165) is 17.4 Å². The third-order valence-electron chi connectivity index (χ3n) is 1.77. The van der Waals surface area contributed by atoms with Gasteiger partial charge in [-0.15, -0.1) is 10.2 Å². The number of rotatable bonds is 2. The fraction of sp³-hybridized carbons (Fsp3) is 0. The summed E-state index contributed by atoms with van der Waals surface area (Å²) in [6.07, 6.45) is 0. The highest BCUT2D eigenvalue weighted by Gasteiger charge is 2.13. The van der Waals surface area contributed by atoms with Crippen LogP contribution in [0.3, 0.4) is 0 Å². The number of nitrogens with zero attached hydrogens (tertiary/aromatic N) is 2. The van der Waals surface area contributed by atoms with Crippen LogP contribution in [-0.4, -0.2) is 16.1 Å². The van der Waals surface area contributed by atoms with E-state index in [0.29, 0.717) is 5.69 Å². The Morgan fingerprint density at radius 3 is 2.71 bits per heavy atom. The number of anilines is 1. The number of carbonyl (C=O) groups excluding carboxylic acids is 1. The molecule has 2 rings (SSSR count). The molecule has 1 aromatic carbocycles. The first-order valence-electron chi connectivity index (χ1n) is 4.31. The standard InChI is InChI=1S/C9H4Cl2FN3OS/c10-5-3-4(12)1-2-6(5)13-7(16)8-14-15-9(11)17-8/h1-3H,(H,13,16). The highest BCUT2D eigenvalue weighted by molar-refractivity contribution is 7.17. The van der Waals surface area contributed by atoms with Gasteiger partial charge in [0.15, 0.2) is 0 Å². The lowest BCUT2D eigenvalue weighted by Crippen LogP contribution is -2.12. The van der Waals surface area contributed by atoms with Crippen LogP contribution >= 0.6 is 34.5 Å². The SMILES string of the molecule is O=C(Nc1ccc(F)cc1Cl)c1nnc(Cl)s1. The van der Waals surface area contributed by atoms with Crippen LogP contribution in [0.25, 0.3) is 0 Å². The zero-order valence-electron chi connectivity index (χ0n) is 8.08. The molecule has 2 aromatic rings. The summed E-state index contributed by atoms with van der Waals surface area (Å²) < 4.78 is 12.9. The van der Waals surface area contributed by atoms with Crippen molar-refractivity contribution in [2.24, 2.45) is 0 Å². The fourth-order valence-corrected chi connectivity index (χ4v) is 2.00. The number of aromatic nitrogens is 2. The van der Waals surface area contributed by atoms with Gasteiger partial charge in [-0.1, -0.05) is 22.9 Å². The molecule has 0 aliphatic rings. The Balaban J connectivity index is 2.18. The van der Waals surface area contributed by atoms with Gasteiger partial charge in [0.05, 0.1) is 10.7 Å². The molecule has 0 saturated heterocycles. The van der Waals surface area contributed by atoms with Gasteiger partial charge in [-0.25, -0.2) is 4.39 Å². The molecule has 1 heterocycles. The van der Waals surface area contributed by atoms with Crippen LogP contribution in [0.2, 0.25) is 9.49 Å². The summed E-state index contributed by atoms with van der Waals surface area (Å²) >= 11 is 12.2. The molecule has 0 aliphatic heterocycles. The maximum atomic E-state index is 12.8. The molecule has 0 fully saturated rings. The number of carbonyl (C=O) groups is 1. The van der Waals surface area contributed by atoms with E-state index in [1.807, 2.05) is 0 Å². The Morgan fingerprint density at radius 1 is 1.35 bits per heavy atom. The van der Waals surface area contributed by atoms with Gasteiger partial charge in [-0.2, -0.15) is 0 Å². The van der Waals surface area contributed by atoms with Crippen molar-refractivity contribution in [1.82, 2.24) is 10.2 Å². The summed E-state index contributed by atoms with van der Waals surface area (Å²) in [5, 5.41) is 9.75. The van der Waals surface area contributed by atoms with Crippen molar-refractivity contribution in [3.05, 3.63) is 38.5 Å². The van der Waals surface area contributed by atoms with Crippen LogP contribution in [0, 0.1) is 5.82 Å². The molecule has 4 nitrogen and oxygen atoms in total. The summed E-state index contributed by atoms with van der Waals surface area (Å²) in [6, 6.07) is 3.65. The number of halogens is 3. The van der Waals surface area contributed by atoms with Crippen molar-refractivity contribution in [3.63, 3.8) is 0 Å². The highest BCUT2D eigenvalue weighted by atomic mass is 35.5. The first-order valence-corrected chi connectivity index (χ1v) is 5.89. The maximum absolute atomic E-state index is 12.8. The van der Waals surface area contributed by atoms with Crippen molar-refractivity contribution in [3.8, 4) is 0 Å². The molecule has 1 amide bonds. The Labute approximate surface area is 109 Å². The van der Waals surface area contributed by atoms with E-state index in [2.05, 4.69) is 15.5 Å². The minimum Gasteiger partial charge on any atom is -0.318 e. The van der Waals surface area contributed by atoms with Gasteiger partial charge in [-0.05, 0) is 29.8 Å². The van der Waals surface area contributed by atoms with Gasteiger partial charge in [0.25, 0.3) is 5.91 Å². The normalized spacial score (nSPS) is 10.3. The summed E-state index contributed by atoms with van der Waals surface area (Å²) in [5.41, 5.74) is 0.296. The monoisotopic (exact) mass is 291 g/mol. The maximum Gasteiger partial charge on any atom is 0.286 e. The van der Waals surface area contributed by atoms with Crippen LogP contribution in [0.4, 0.5) is 10.1 Å². The fourth-order valence-electron chi connectivity index (χ4n) is 1.06. The molecule has 8 heteroatoms. The van der Waals surface area contributed by atoms with E-state index in [1.54, 1.807) is 0 Å². The van der Waals surface area contributed by atoms with Gasteiger partial charge in [0.2, 0.25) is 9.47 Å². The van der Waals surface area contributed by atoms with Crippen molar-refractivity contribution < 1.29 is 9.18 Å². The molecular weight excluding hydrogens is 288 g/mol. The van der Waals surface area contributed by atoms with E-state index in [9.17, 15) is 9.18 Å². The second-order valence-corrected chi connectivity index (χ2v) is 4.91. The third-order valence-corrected chi connectivity index (χ3v) is 3.10. The molecule has 0 saturated carbocycles. The van der Waals surface area contributed by atoms with Crippen LogP contribution < -0.4 is 5.32 Å². The van der Waals surface area contributed by atoms with Crippen LogP contribution in [0.5, 0.6) is 0 Å². The second kappa shape index (κ2) is 4.95. The lowest BCUT2D eigenvalue weighted by Gasteiger charge is -2.04. The predicted molar refractivity (Wildman–Crippen MR) is 64.3 cm³/mol. The van der Waals surface area contributed by atoms with Crippen molar-refractivity contribution >= 4 is 46.1 Å². The van der Waals surface area contributed by atoms with E-state index in [-0.39, 0.29) is 14.5 Å². The number of amides is 1. The first-order chi connectivity index (χ1) is 8.06. The Hall–Kier alpha value is -1.24. The molecule has 0 spiro atoms. The van der Waals surface area contributed by atoms with E-state index in [1.165, 1.54) is 12.1 Å². The second-order valence-electron chi connectivity index (χ2n) is 2.94. The Bertz CT molecular complexity index is 575. The van der Waals surface area contributed by atoms with Crippen LogP contribution in [0.1, 0.15) is 9.80 Å². The number of nitrogens with one attached hydrogen (secondary N) is 1. The zero-order valence-corrected chi connectivity index (χ0v) is 10.4. The molecule has 0 radical (unpaired) electrons. The zero-order chi connectivity index (χ0) is 12.4. The van der Waals surface area contributed by atoms with Gasteiger partial charge in [-0.3, -0.25) is 4.79 Å². The van der Waals surface area contributed by atoms with Gasteiger partial charge in [0.1, 0.15) is 5.82 Å². The lowest BCUT2D eigenvalue weighted by molar-refractivity contribution is 0.102. The topological polar surface area (TPSA) is 54.9 Å². The van der Waals surface area contributed by atoms with E-state index in [4.69, 9.17) is 23.2 Å². The van der Waals surface area contributed by atoms with Crippen molar-refractivity contribution in [2.75, 3.05) is 5.32 Å². The molecule has 17 heavy (non-hydrogen) atoms. The van der Waals surface area contributed by atoms with E-state index < -0.39 is 11.7 Å². The third kappa shape index (κ3) is 2.91. The Kier molecular flexibility index (Phi) is 3.56. The highest BCUT2D eigenvalue weighted by Crippen LogP contribution is 2.23. The summed E-state index contributed by atoms with van der Waals surface area (Å²) in [7, 11) is 0. The number of benzene rings is 1. The van der Waals surface area contributed by atoms with Crippen molar-refractivity contribution in [1.29, 1.82) is 0 Å². The van der Waals surface area contributed by atoms with Crippen molar-refractivity contribution in [2.45, 2.75) is 0 Å². The van der Waals surface area contributed by atoms with Gasteiger partial charge in [0, 0.05) is 0 Å². The molecule has 0 atom stereocenters. The quantitative estimate of drug-likeness (QED) is 0.924. The average molecular weight is 292 g/mol. The lowest BCUT2D eigenvalue weighted by atomic mass is 10.3. The summed E-state index contributed by atoms with van der Waals surface area (Å²) in [4.78, 5) is 11.7. The van der Waals surface area contributed by atoms with Crippen LogP contribution in [-0.2, 0) is 0 Å². The smallest absolute Gasteiger partial charge is 0.286 e. The Morgan fingerprint density at radius 2 is 2.12 bits per heavy atom. The largest absolute Gasteiger partial charge is 0.318 e. The number of hydrogen-bond acceptors (Lipinski definition) is 4. The molecule has 0 unspecified atom stereocenters. The van der Waals surface area contributed by atoms with E-state index >= 15 is 0 Å². The molecule has 1 N–H and O–H groups in total. The molecule has 1 aromatic heterocycles. The number of hydrogen-bond donors (Lipinski definition) is 1. The minimum absolute atomic E-state index is 0.106. The molecule has 0 aliphatic carbocycles. The summed E-state index contributed by atoms with van der Waals surface area (Å²) in [6.45, 7) is 0. The van der Waals surface area contributed by atoms with Crippen LogP contribution in [0.15, 0.2) is 18.2 Å². The van der Waals surface area contributed by atoms with Gasteiger partial charge < -0.3 is 5.32 Å². The molecule has 88 valence electrons.